The molecule has 1 heterocycles. The molecular formula is C17H31NO. The molecule has 0 N–H and O–H groups in total. The van der Waals surface area contributed by atoms with E-state index >= 15 is 0 Å². The maximum absolute atomic E-state index is 5.36. The first-order chi connectivity index (χ1) is 9.20. The van der Waals surface area contributed by atoms with Crippen molar-refractivity contribution in [2.75, 3.05) is 0 Å². The summed E-state index contributed by atoms with van der Waals surface area (Å²) >= 11 is 0. The average molecular weight is 265 g/mol. The molecule has 2 heteroatoms. The van der Waals surface area contributed by atoms with Crippen LogP contribution in [0.5, 0.6) is 0 Å². The quantitative estimate of drug-likeness (QED) is 0.490. The predicted molar refractivity (Wildman–Crippen MR) is 81.6 cm³/mol. The van der Waals surface area contributed by atoms with E-state index in [0.717, 1.165) is 11.5 Å². The largest absolute Gasteiger partial charge is 0.361 e. The Morgan fingerprint density at radius 2 is 1.47 bits per heavy atom. The molecule has 0 aromatic carbocycles. The molecule has 0 spiro atoms. The molecule has 0 bridgehead atoms. The Hall–Kier alpha value is -0.790. The smallest absolute Gasteiger partial charge is 0.137 e. The van der Waals surface area contributed by atoms with Crippen molar-refractivity contribution in [3.8, 4) is 0 Å². The Kier molecular flexibility index (Phi) is 7.85. The van der Waals surface area contributed by atoms with Crippen molar-refractivity contribution in [3.05, 3.63) is 17.0 Å². The summed E-state index contributed by atoms with van der Waals surface area (Å²) in [7, 11) is 0. The van der Waals surface area contributed by atoms with Crippen LogP contribution >= 0.6 is 0 Å². The first-order valence-electron chi connectivity index (χ1n) is 8.13. The van der Waals surface area contributed by atoms with Gasteiger partial charge in [0, 0.05) is 5.56 Å². The van der Waals surface area contributed by atoms with E-state index in [4.69, 9.17) is 4.52 Å². The second-order valence-electron chi connectivity index (χ2n) is 5.78. The number of aromatic nitrogens is 1. The van der Waals surface area contributed by atoms with Gasteiger partial charge in [0.1, 0.15) is 5.76 Å². The van der Waals surface area contributed by atoms with Gasteiger partial charge in [-0.3, -0.25) is 0 Å². The van der Waals surface area contributed by atoms with E-state index in [0.29, 0.717) is 5.92 Å². The number of hydrogen-bond acceptors (Lipinski definition) is 2. The van der Waals surface area contributed by atoms with E-state index in [1.54, 1.807) is 0 Å². The zero-order valence-corrected chi connectivity index (χ0v) is 13.3. The molecule has 1 atom stereocenters. The minimum absolute atomic E-state index is 0.662. The van der Waals surface area contributed by atoms with E-state index in [9.17, 15) is 0 Å². The van der Waals surface area contributed by atoms with E-state index in [2.05, 4.69) is 32.9 Å². The monoisotopic (exact) mass is 265 g/mol. The fraction of sp³-hybridized carbons (Fsp3) is 0.824. The van der Waals surface area contributed by atoms with Gasteiger partial charge in [-0.05, 0) is 32.6 Å². The van der Waals surface area contributed by atoms with Crippen molar-refractivity contribution in [1.29, 1.82) is 0 Å². The van der Waals surface area contributed by atoms with Crippen molar-refractivity contribution < 1.29 is 4.52 Å². The van der Waals surface area contributed by atoms with Gasteiger partial charge in [0.15, 0.2) is 0 Å². The highest BCUT2D eigenvalue weighted by Gasteiger charge is 2.19. The Morgan fingerprint density at radius 1 is 0.895 bits per heavy atom. The number of aryl methyl sites for hydroxylation is 2. The molecule has 0 aliphatic rings. The van der Waals surface area contributed by atoms with E-state index < -0.39 is 0 Å². The molecule has 0 aliphatic heterocycles. The lowest BCUT2D eigenvalue weighted by molar-refractivity contribution is 0.389. The van der Waals surface area contributed by atoms with Crippen LogP contribution in [0.25, 0.3) is 0 Å². The topological polar surface area (TPSA) is 26.0 Å². The average Bonchev–Trinajstić information content (AvgIpc) is 2.73. The molecular weight excluding hydrogens is 234 g/mol. The van der Waals surface area contributed by atoms with Gasteiger partial charge < -0.3 is 4.52 Å². The molecule has 0 amide bonds. The second-order valence-corrected chi connectivity index (χ2v) is 5.78. The molecule has 2 nitrogen and oxygen atoms in total. The molecule has 1 aromatic heterocycles. The summed E-state index contributed by atoms with van der Waals surface area (Å²) in [6, 6.07) is 0. The fourth-order valence-electron chi connectivity index (χ4n) is 2.96. The summed E-state index contributed by atoms with van der Waals surface area (Å²) in [5, 5.41) is 4.13. The second kappa shape index (κ2) is 9.17. The van der Waals surface area contributed by atoms with E-state index in [-0.39, 0.29) is 0 Å². The molecule has 19 heavy (non-hydrogen) atoms. The van der Waals surface area contributed by atoms with Gasteiger partial charge in [-0.25, -0.2) is 0 Å². The lowest BCUT2D eigenvalue weighted by Gasteiger charge is -2.16. The molecule has 110 valence electrons. The third kappa shape index (κ3) is 5.38. The highest BCUT2D eigenvalue weighted by Crippen LogP contribution is 2.32. The van der Waals surface area contributed by atoms with Crippen molar-refractivity contribution in [1.82, 2.24) is 5.16 Å². The number of hydrogen-bond donors (Lipinski definition) is 0. The zero-order chi connectivity index (χ0) is 14.1. The molecule has 1 unspecified atom stereocenters. The van der Waals surface area contributed by atoms with Crippen LogP contribution in [0.15, 0.2) is 4.52 Å². The third-order valence-corrected chi connectivity index (χ3v) is 4.06. The standard InChI is InChI=1S/C17H31NO/c1-5-7-9-11-13-16(12-10-8-6-2)17-14(3)18-19-15(17)4/h16H,5-13H2,1-4H3. The third-order valence-electron chi connectivity index (χ3n) is 4.06. The molecule has 0 saturated carbocycles. The van der Waals surface area contributed by atoms with Gasteiger partial charge in [-0.15, -0.1) is 0 Å². The van der Waals surface area contributed by atoms with Crippen molar-refractivity contribution in [3.63, 3.8) is 0 Å². The van der Waals surface area contributed by atoms with Crippen LogP contribution in [0.3, 0.4) is 0 Å². The molecule has 0 fully saturated rings. The fourth-order valence-corrected chi connectivity index (χ4v) is 2.96. The predicted octanol–water partition coefficient (Wildman–Crippen LogP) is 5.93. The van der Waals surface area contributed by atoms with Gasteiger partial charge in [0.05, 0.1) is 5.69 Å². The lowest BCUT2D eigenvalue weighted by atomic mass is 9.87. The number of unbranched alkanes of at least 4 members (excludes halogenated alkanes) is 5. The molecule has 1 aromatic rings. The summed E-state index contributed by atoms with van der Waals surface area (Å²) in [4.78, 5) is 0. The summed E-state index contributed by atoms with van der Waals surface area (Å²) in [6.07, 6.45) is 11.9. The SMILES string of the molecule is CCCCCCC(CCCCC)c1c(C)noc1C. The van der Waals surface area contributed by atoms with Crippen LogP contribution in [0.4, 0.5) is 0 Å². The Labute approximate surface area is 119 Å². The lowest BCUT2D eigenvalue weighted by Crippen LogP contribution is -2.02. The van der Waals surface area contributed by atoms with Gasteiger partial charge in [0.2, 0.25) is 0 Å². The first-order valence-corrected chi connectivity index (χ1v) is 8.13. The van der Waals surface area contributed by atoms with E-state index in [1.165, 1.54) is 63.4 Å². The summed E-state index contributed by atoms with van der Waals surface area (Å²) in [6.45, 7) is 8.69. The van der Waals surface area contributed by atoms with Crippen LogP contribution in [0.2, 0.25) is 0 Å². The normalized spacial score (nSPS) is 12.8. The zero-order valence-electron chi connectivity index (χ0n) is 13.3. The number of nitrogens with zero attached hydrogens (tertiary/aromatic N) is 1. The van der Waals surface area contributed by atoms with Crippen molar-refractivity contribution >= 4 is 0 Å². The minimum atomic E-state index is 0.662. The van der Waals surface area contributed by atoms with Crippen LogP contribution in [-0.4, -0.2) is 5.16 Å². The van der Waals surface area contributed by atoms with Crippen LogP contribution in [-0.2, 0) is 0 Å². The maximum atomic E-state index is 5.36. The number of rotatable bonds is 10. The molecule has 0 aliphatic carbocycles. The van der Waals surface area contributed by atoms with Crippen molar-refractivity contribution in [2.24, 2.45) is 0 Å². The molecule has 0 radical (unpaired) electrons. The summed E-state index contributed by atoms with van der Waals surface area (Å²) in [5.74, 6) is 1.70. The minimum Gasteiger partial charge on any atom is -0.361 e. The Bertz CT molecular complexity index is 324. The van der Waals surface area contributed by atoms with Crippen LogP contribution in [0.1, 0.15) is 94.6 Å². The van der Waals surface area contributed by atoms with Gasteiger partial charge in [-0.1, -0.05) is 63.9 Å². The Morgan fingerprint density at radius 3 is 2.00 bits per heavy atom. The van der Waals surface area contributed by atoms with Crippen LogP contribution in [0, 0.1) is 13.8 Å². The molecule has 1 rings (SSSR count). The first kappa shape index (κ1) is 16.3. The van der Waals surface area contributed by atoms with Crippen LogP contribution < -0.4 is 0 Å². The van der Waals surface area contributed by atoms with E-state index in [1.807, 2.05) is 0 Å². The highest BCUT2D eigenvalue weighted by molar-refractivity contribution is 5.25. The van der Waals surface area contributed by atoms with Gasteiger partial charge >= 0.3 is 0 Å². The Balaban J connectivity index is 2.58. The highest BCUT2D eigenvalue weighted by atomic mass is 16.5. The van der Waals surface area contributed by atoms with Gasteiger partial charge in [0.25, 0.3) is 0 Å². The van der Waals surface area contributed by atoms with Gasteiger partial charge in [-0.2, -0.15) is 0 Å². The maximum Gasteiger partial charge on any atom is 0.137 e. The summed E-state index contributed by atoms with van der Waals surface area (Å²) < 4.78 is 5.36. The van der Waals surface area contributed by atoms with Crippen molar-refractivity contribution in [2.45, 2.75) is 91.4 Å². The summed E-state index contributed by atoms with van der Waals surface area (Å²) in [5.41, 5.74) is 2.50. The molecule has 0 saturated heterocycles.